The first kappa shape index (κ1) is 12.8. The SMILES string of the molecule is O=C1CCc2cc(=O)c3sc(-c4ccc(Cl)cc4)cc3n21. The number of benzene rings is 1. The van der Waals surface area contributed by atoms with Crippen LogP contribution in [0.3, 0.4) is 0 Å². The van der Waals surface area contributed by atoms with Crippen LogP contribution in [0.25, 0.3) is 20.7 Å². The molecule has 1 aliphatic heterocycles. The largest absolute Gasteiger partial charge is 0.288 e. The van der Waals surface area contributed by atoms with Gasteiger partial charge in [-0.3, -0.25) is 14.2 Å². The van der Waals surface area contributed by atoms with Crippen LogP contribution in [0.15, 0.2) is 41.2 Å². The van der Waals surface area contributed by atoms with Gasteiger partial charge in [0.1, 0.15) is 0 Å². The number of aromatic nitrogens is 1. The van der Waals surface area contributed by atoms with E-state index in [1.54, 1.807) is 10.6 Å². The monoisotopic (exact) mass is 315 g/mol. The van der Waals surface area contributed by atoms with Crippen LogP contribution in [-0.4, -0.2) is 10.5 Å². The van der Waals surface area contributed by atoms with Gasteiger partial charge >= 0.3 is 0 Å². The number of rotatable bonds is 1. The molecule has 3 nitrogen and oxygen atoms in total. The first-order chi connectivity index (χ1) is 10.1. The summed E-state index contributed by atoms with van der Waals surface area (Å²) in [7, 11) is 0. The van der Waals surface area contributed by atoms with Crippen LogP contribution >= 0.6 is 22.9 Å². The topological polar surface area (TPSA) is 39.1 Å². The molecule has 0 aliphatic carbocycles. The van der Waals surface area contributed by atoms with Crippen molar-refractivity contribution in [2.45, 2.75) is 12.8 Å². The zero-order valence-corrected chi connectivity index (χ0v) is 12.5. The van der Waals surface area contributed by atoms with Gasteiger partial charge in [0.05, 0.1) is 10.2 Å². The minimum Gasteiger partial charge on any atom is -0.288 e. The highest BCUT2D eigenvalue weighted by molar-refractivity contribution is 7.22. The molecule has 21 heavy (non-hydrogen) atoms. The first-order valence-corrected chi connectivity index (χ1v) is 7.80. The molecule has 0 unspecified atom stereocenters. The molecule has 0 amide bonds. The molecule has 4 rings (SSSR count). The van der Waals surface area contributed by atoms with Crippen molar-refractivity contribution in [1.29, 1.82) is 0 Å². The average molecular weight is 316 g/mol. The molecule has 0 saturated heterocycles. The summed E-state index contributed by atoms with van der Waals surface area (Å²) in [5.74, 6) is 0.0652. The number of hydrogen-bond acceptors (Lipinski definition) is 3. The van der Waals surface area contributed by atoms with Gasteiger partial charge in [-0.2, -0.15) is 0 Å². The van der Waals surface area contributed by atoms with Gasteiger partial charge in [-0.1, -0.05) is 23.7 Å². The van der Waals surface area contributed by atoms with E-state index >= 15 is 0 Å². The molecule has 2 aromatic heterocycles. The summed E-state index contributed by atoms with van der Waals surface area (Å²) in [6.07, 6.45) is 1.13. The third-order valence-electron chi connectivity index (χ3n) is 3.74. The minimum atomic E-state index is -0.00355. The summed E-state index contributed by atoms with van der Waals surface area (Å²) in [6.45, 7) is 0. The first-order valence-electron chi connectivity index (χ1n) is 6.61. The molecule has 104 valence electrons. The van der Waals surface area contributed by atoms with Crippen LogP contribution in [0.5, 0.6) is 0 Å². The Hall–Kier alpha value is -1.91. The van der Waals surface area contributed by atoms with Gasteiger partial charge in [-0.05, 0) is 30.2 Å². The minimum absolute atomic E-state index is 0.00355. The lowest BCUT2D eigenvalue weighted by atomic mass is 10.2. The van der Waals surface area contributed by atoms with Gasteiger partial charge in [0, 0.05) is 28.1 Å². The smallest absolute Gasteiger partial charge is 0.231 e. The predicted molar refractivity (Wildman–Crippen MR) is 85.5 cm³/mol. The number of carbonyl (C=O) groups is 1. The van der Waals surface area contributed by atoms with Crippen LogP contribution < -0.4 is 5.43 Å². The number of halogens is 1. The molecule has 0 N–H and O–H groups in total. The lowest BCUT2D eigenvalue weighted by Crippen LogP contribution is -2.11. The van der Waals surface area contributed by atoms with Gasteiger partial charge in [0.2, 0.25) is 5.91 Å². The number of pyridine rings is 1. The normalized spacial score (nSPS) is 13.9. The van der Waals surface area contributed by atoms with Crippen LogP contribution in [0.1, 0.15) is 16.9 Å². The van der Waals surface area contributed by atoms with E-state index in [1.807, 2.05) is 30.3 Å². The Morgan fingerprint density at radius 1 is 1.05 bits per heavy atom. The average Bonchev–Trinajstić information content (AvgIpc) is 3.04. The molecule has 1 aromatic carbocycles. The molecule has 0 radical (unpaired) electrons. The molecular weight excluding hydrogens is 306 g/mol. The van der Waals surface area contributed by atoms with E-state index in [-0.39, 0.29) is 11.3 Å². The standard InChI is InChI=1S/C16H10ClNO2S/c17-10-3-1-9(2-4-10)14-8-12-16(21-14)13(19)7-11-5-6-15(20)18(11)12/h1-4,7-8H,5-6H2. The highest BCUT2D eigenvalue weighted by atomic mass is 35.5. The Kier molecular flexibility index (Phi) is 2.77. The predicted octanol–water partition coefficient (Wildman–Crippen LogP) is 3.97. The van der Waals surface area contributed by atoms with Crippen molar-refractivity contribution in [3.8, 4) is 10.4 Å². The number of fused-ring (bicyclic) bond motifs is 3. The second-order valence-corrected chi connectivity index (χ2v) is 6.55. The van der Waals surface area contributed by atoms with E-state index in [9.17, 15) is 9.59 Å². The molecule has 0 atom stereocenters. The van der Waals surface area contributed by atoms with Crippen LogP contribution in [0.4, 0.5) is 0 Å². The number of nitrogens with zero attached hydrogens (tertiary/aromatic N) is 1. The van der Waals surface area contributed by atoms with Crippen molar-refractivity contribution in [2.75, 3.05) is 0 Å². The summed E-state index contributed by atoms with van der Waals surface area (Å²) >= 11 is 7.33. The molecule has 5 heteroatoms. The molecule has 1 aliphatic rings. The Labute approximate surface area is 129 Å². The number of aryl methyl sites for hydroxylation is 1. The fourth-order valence-electron chi connectivity index (χ4n) is 2.74. The van der Waals surface area contributed by atoms with Gasteiger partial charge in [0.15, 0.2) is 5.43 Å². The fourth-order valence-corrected chi connectivity index (χ4v) is 3.93. The third-order valence-corrected chi connectivity index (χ3v) is 5.18. The zero-order chi connectivity index (χ0) is 14.6. The van der Waals surface area contributed by atoms with E-state index in [1.165, 1.54) is 11.3 Å². The van der Waals surface area contributed by atoms with Crippen molar-refractivity contribution in [3.05, 3.63) is 57.3 Å². The van der Waals surface area contributed by atoms with Crippen LogP contribution in [-0.2, 0) is 6.42 Å². The van der Waals surface area contributed by atoms with Crippen molar-refractivity contribution < 1.29 is 4.79 Å². The van der Waals surface area contributed by atoms with E-state index in [0.717, 1.165) is 21.7 Å². The number of carbonyl (C=O) groups excluding carboxylic acids is 1. The molecule has 0 bridgehead atoms. The molecule has 0 fully saturated rings. The van der Waals surface area contributed by atoms with Gasteiger partial charge < -0.3 is 0 Å². The molecule has 3 aromatic rings. The third kappa shape index (κ3) is 1.94. The Balaban J connectivity index is 2.00. The quantitative estimate of drug-likeness (QED) is 0.681. The zero-order valence-electron chi connectivity index (χ0n) is 10.9. The molecule has 0 saturated carbocycles. The van der Waals surface area contributed by atoms with E-state index in [0.29, 0.717) is 22.6 Å². The fraction of sp³-hybridized carbons (Fsp3) is 0.125. The molecule has 3 heterocycles. The second-order valence-electron chi connectivity index (χ2n) is 5.06. The molecular formula is C16H10ClNO2S. The number of hydrogen-bond donors (Lipinski definition) is 0. The summed E-state index contributed by atoms with van der Waals surface area (Å²) in [5.41, 5.74) is 2.55. The lowest BCUT2D eigenvalue weighted by Gasteiger charge is -2.02. The summed E-state index contributed by atoms with van der Waals surface area (Å²) in [6, 6.07) is 11.0. The Morgan fingerprint density at radius 2 is 1.81 bits per heavy atom. The van der Waals surface area contributed by atoms with Crippen LogP contribution in [0, 0.1) is 0 Å². The van der Waals surface area contributed by atoms with Crippen molar-refractivity contribution in [3.63, 3.8) is 0 Å². The van der Waals surface area contributed by atoms with Crippen molar-refractivity contribution >= 4 is 39.1 Å². The number of thiophene rings is 1. The van der Waals surface area contributed by atoms with Crippen molar-refractivity contribution in [1.82, 2.24) is 4.57 Å². The van der Waals surface area contributed by atoms with Gasteiger partial charge in [-0.25, -0.2) is 0 Å². The maximum Gasteiger partial charge on any atom is 0.231 e. The Morgan fingerprint density at radius 3 is 2.57 bits per heavy atom. The lowest BCUT2D eigenvalue weighted by molar-refractivity contribution is 0.0928. The highest BCUT2D eigenvalue weighted by Crippen LogP contribution is 2.34. The summed E-state index contributed by atoms with van der Waals surface area (Å²) in [4.78, 5) is 25.2. The van der Waals surface area contributed by atoms with E-state index < -0.39 is 0 Å². The van der Waals surface area contributed by atoms with Crippen molar-refractivity contribution in [2.24, 2.45) is 0 Å². The maximum absolute atomic E-state index is 12.2. The summed E-state index contributed by atoms with van der Waals surface area (Å²) in [5, 5.41) is 0.676. The molecule has 0 spiro atoms. The van der Waals surface area contributed by atoms with E-state index in [4.69, 9.17) is 11.6 Å². The maximum atomic E-state index is 12.2. The second kappa shape index (κ2) is 4.55. The van der Waals surface area contributed by atoms with Crippen LogP contribution in [0.2, 0.25) is 5.02 Å². The highest BCUT2D eigenvalue weighted by Gasteiger charge is 2.23. The van der Waals surface area contributed by atoms with Gasteiger partial charge in [0.25, 0.3) is 0 Å². The van der Waals surface area contributed by atoms with E-state index in [2.05, 4.69) is 0 Å². The Bertz CT molecular complexity index is 937. The summed E-state index contributed by atoms with van der Waals surface area (Å²) < 4.78 is 2.33. The van der Waals surface area contributed by atoms with Gasteiger partial charge in [-0.15, -0.1) is 11.3 Å².